The topological polar surface area (TPSA) is 41.6 Å². The van der Waals surface area contributed by atoms with Crippen molar-refractivity contribution in [3.8, 4) is 0 Å². The zero-order valence-electron chi connectivity index (χ0n) is 12.3. The lowest BCUT2D eigenvalue weighted by atomic mass is 10.1. The highest BCUT2D eigenvalue weighted by molar-refractivity contribution is 7.56. The molecular formula is C13H29N2O2P. The SMILES string of the molecule is CC(C)CCCN1CCOCC1.CNC(=O)PC. The van der Waals surface area contributed by atoms with Gasteiger partial charge in [-0.2, -0.15) is 0 Å². The number of ether oxygens (including phenoxy) is 1. The minimum Gasteiger partial charge on any atom is -0.379 e. The van der Waals surface area contributed by atoms with Crippen LogP contribution >= 0.6 is 8.58 Å². The van der Waals surface area contributed by atoms with Crippen molar-refractivity contribution >= 4 is 14.2 Å². The summed E-state index contributed by atoms with van der Waals surface area (Å²) in [7, 11) is 2.02. The fourth-order valence-corrected chi connectivity index (χ4v) is 1.92. The van der Waals surface area contributed by atoms with Crippen molar-refractivity contribution in [2.24, 2.45) is 5.92 Å². The molecule has 0 aliphatic carbocycles. The van der Waals surface area contributed by atoms with Crippen LogP contribution in [-0.4, -0.2) is 57.1 Å². The van der Waals surface area contributed by atoms with Crippen molar-refractivity contribution in [1.29, 1.82) is 0 Å². The minimum atomic E-state index is 0.120. The highest BCUT2D eigenvalue weighted by Crippen LogP contribution is 2.05. The summed E-state index contributed by atoms with van der Waals surface area (Å²) >= 11 is 0. The molecule has 1 rings (SSSR count). The molecule has 0 radical (unpaired) electrons. The Morgan fingerprint density at radius 1 is 1.39 bits per heavy atom. The number of nitrogens with zero attached hydrogens (tertiary/aromatic N) is 1. The number of carbonyl (C=O) groups is 1. The molecule has 4 nitrogen and oxygen atoms in total. The van der Waals surface area contributed by atoms with Crippen molar-refractivity contribution in [1.82, 2.24) is 10.2 Å². The minimum absolute atomic E-state index is 0.120. The zero-order valence-corrected chi connectivity index (χ0v) is 13.3. The first kappa shape index (κ1) is 17.8. The molecule has 1 saturated heterocycles. The van der Waals surface area contributed by atoms with E-state index >= 15 is 0 Å². The molecule has 0 spiro atoms. The first-order valence-electron chi connectivity index (χ1n) is 6.79. The third-order valence-corrected chi connectivity index (χ3v) is 3.52. The molecule has 1 aliphatic rings. The first-order valence-corrected chi connectivity index (χ1v) is 8.29. The second-order valence-corrected chi connectivity index (χ2v) is 5.77. The standard InChI is InChI=1S/C10H21NO.C3H8NOP/c1-10(2)4-3-5-11-6-8-12-9-7-11;1-4-3(5)6-2/h10H,3-9H2,1-2H3;6H,1-2H3,(H,4,5). The van der Waals surface area contributed by atoms with Gasteiger partial charge < -0.3 is 10.1 Å². The summed E-state index contributed by atoms with van der Waals surface area (Å²) in [6.07, 6.45) is 2.70. The summed E-state index contributed by atoms with van der Waals surface area (Å²) in [4.78, 5) is 12.6. The van der Waals surface area contributed by atoms with Crippen LogP contribution in [0.4, 0.5) is 4.79 Å². The quantitative estimate of drug-likeness (QED) is 0.784. The van der Waals surface area contributed by atoms with Crippen molar-refractivity contribution < 1.29 is 9.53 Å². The lowest BCUT2D eigenvalue weighted by molar-refractivity contribution is 0.0368. The maximum absolute atomic E-state index is 10.1. The van der Waals surface area contributed by atoms with Crippen LogP contribution in [0.3, 0.4) is 0 Å². The summed E-state index contributed by atoms with van der Waals surface area (Å²) in [5, 5.41) is 2.49. The van der Waals surface area contributed by atoms with Crippen LogP contribution in [0.1, 0.15) is 26.7 Å². The highest BCUT2D eigenvalue weighted by atomic mass is 31.1. The zero-order chi connectivity index (χ0) is 13.8. The maximum atomic E-state index is 10.1. The number of rotatable bonds is 5. The second kappa shape index (κ2) is 11.9. The Labute approximate surface area is 114 Å². The van der Waals surface area contributed by atoms with E-state index in [1.54, 1.807) is 7.05 Å². The van der Waals surface area contributed by atoms with Crippen LogP contribution in [0.25, 0.3) is 0 Å². The van der Waals surface area contributed by atoms with Crippen LogP contribution in [0.2, 0.25) is 0 Å². The third-order valence-electron chi connectivity index (χ3n) is 2.81. The molecule has 0 bridgehead atoms. The van der Waals surface area contributed by atoms with Crippen LogP contribution in [0, 0.1) is 5.92 Å². The molecule has 1 heterocycles. The number of hydrogen-bond acceptors (Lipinski definition) is 3. The Hall–Kier alpha value is -0.180. The summed E-state index contributed by atoms with van der Waals surface area (Å²) < 4.78 is 5.29. The van der Waals surface area contributed by atoms with Gasteiger partial charge in [-0.25, -0.2) is 0 Å². The van der Waals surface area contributed by atoms with E-state index in [2.05, 4.69) is 24.1 Å². The second-order valence-electron chi connectivity index (χ2n) is 4.82. The van der Waals surface area contributed by atoms with E-state index in [4.69, 9.17) is 4.74 Å². The molecule has 1 N–H and O–H groups in total. The highest BCUT2D eigenvalue weighted by Gasteiger charge is 2.09. The van der Waals surface area contributed by atoms with Gasteiger partial charge >= 0.3 is 0 Å². The molecule has 0 aromatic rings. The normalized spacial score (nSPS) is 16.7. The van der Waals surface area contributed by atoms with Crippen molar-refractivity contribution in [3.05, 3.63) is 0 Å². The molecule has 0 aromatic heterocycles. The Morgan fingerprint density at radius 3 is 2.39 bits per heavy atom. The average molecular weight is 276 g/mol. The van der Waals surface area contributed by atoms with Gasteiger partial charge in [-0.3, -0.25) is 9.69 Å². The molecule has 1 fully saturated rings. The predicted octanol–water partition coefficient (Wildman–Crippen LogP) is 2.39. The third kappa shape index (κ3) is 10.9. The fourth-order valence-electron chi connectivity index (χ4n) is 1.67. The molecule has 1 aliphatic heterocycles. The number of amides is 1. The van der Waals surface area contributed by atoms with Gasteiger partial charge in [0.2, 0.25) is 5.65 Å². The van der Waals surface area contributed by atoms with Gasteiger partial charge in [0.1, 0.15) is 0 Å². The molecule has 1 unspecified atom stereocenters. The molecule has 18 heavy (non-hydrogen) atoms. The smallest absolute Gasteiger partial charge is 0.237 e. The molecule has 0 aromatic carbocycles. The largest absolute Gasteiger partial charge is 0.379 e. The monoisotopic (exact) mass is 276 g/mol. The van der Waals surface area contributed by atoms with Gasteiger partial charge in [0.25, 0.3) is 0 Å². The first-order chi connectivity index (χ1) is 8.60. The van der Waals surface area contributed by atoms with E-state index in [1.807, 2.05) is 6.66 Å². The van der Waals surface area contributed by atoms with Gasteiger partial charge in [-0.05, 0) is 40.5 Å². The van der Waals surface area contributed by atoms with Crippen LogP contribution in [-0.2, 0) is 4.74 Å². The Kier molecular flexibility index (Phi) is 11.8. The molecule has 1 atom stereocenters. The van der Waals surface area contributed by atoms with E-state index in [1.165, 1.54) is 19.4 Å². The van der Waals surface area contributed by atoms with Crippen LogP contribution in [0.15, 0.2) is 0 Å². The predicted molar refractivity (Wildman–Crippen MR) is 80.0 cm³/mol. The number of nitrogens with one attached hydrogen (secondary N) is 1. The molecule has 108 valence electrons. The number of carbonyl (C=O) groups excluding carboxylic acids is 1. The van der Waals surface area contributed by atoms with E-state index < -0.39 is 0 Å². The van der Waals surface area contributed by atoms with Gasteiger partial charge in [-0.15, -0.1) is 0 Å². The molecule has 0 saturated carbocycles. The Balaban J connectivity index is 0.000000411. The van der Waals surface area contributed by atoms with Gasteiger partial charge in [0.05, 0.1) is 13.2 Å². The van der Waals surface area contributed by atoms with Crippen molar-refractivity contribution in [2.45, 2.75) is 26.7 Å². The number of hydrogen-bond donors (Lipinski definition) is 1. The summed E-state index contributed by atoms with van der Waals surface area (Å²) in [6.45, 7) is 11.8. The van der Waals surface area contributed by atoms with Crippen molar-refractivity contribution in [3.63, 3.8) is 0 Å². The summed E-state index contributed by atoms with van der Waals surface area (Å²) in [5.74, 6) is 0.853. The van der Waals surface area contributed by atoms with E-state index in [0.717, 1.165) is 32.2 Å². The molecule has 1 amide bonds. The molecular weight excluding hydrogens is 247 g/mol. The maximum Gasteiger partial charge on any atom is 0.237 e. The summed E-state index contributed by atoms with van der Waals surface area (Å²) in [6, 6.07) is 0. The lowest BCUT2D eigenvalue weighted by Crippen LogP contribution is -2.36. The molecule has 5 heteroatoms. The van der Waals surface area contributed by atoms with Gasteiger partial charge in [0, 0.05) is 20.1 Å². The van der Waals surface area contributed by atoms with E-state index in [9.17, 15) is 4.79 Å². The van der Waals surface area contributed by atoms with E-state index in [0.29, 0.717) is 8.58 Å². The summed E-state index contributed by atoms with van der Waals surface area (Å²) in [5.41, 5.74) is 0.120. The van der Waals surface area contributed by atoms with Crippen LogP contribution < -0.4 is 5.32 Å². The van der Waals surface area contributed by atoms with Crippen LogP contribution in [0.5, 0.6) is 0 Å². The Morgan fingerprint density at radius 2 is 2.00 bits per heavy atom. The average Bonchev–Trinajstić information content (AvgIpc) is 2.39. The van der Waals surface area contributed by atoms with Gasteiger partial charge in [0.15, 0.2) is 0 Å². The van der Waals surface area contributed by atoms with E-state index in [-0.39, 0.29) is 5.65 Å². The Bertz CT molecular complexity index is 201. The lowest BCUT2D eigenvalue weighted by Gasteiger charge is -2.26. The fraction of sp³-hybridized carbons (Fsp3) is 0.923. The van der Waals surface area contributed by atoms with Crippen molar-refractivity contribution in [2.75, 3.05) is 46.6 Å². The number of morpholine rings is 1. The van der Waals surface area contributed by atoms with Gasteiger partial charge in [-0.1, -0.05) is 13.8 Å².